The number of amides is 2. The van der Waals surface area contributed by atoms with Crippen molar-refractivity contribution in [1.82, 2.24) is 4.90 Å². The molecule has 3 aromatic carbocycles. The molecule has 0 aromatic heterocycles. The lowest BCUT2D eigenvalue weighted by molar-refractivity contribution is -0.385. The van der Waals surface area contributed by atoms with E-state index in [1.165, 1.54) is 25.3 Å². The smallest absolute Gasteiger partial charge is 0.311 e. The summed E-state index contributed by atoms with van der Waals surface area (Å²) in [6, 6.07) is 16.7. The molecule has 1 saturated heterocycles. The van der Waals surface area contributed by atoms with E-state index in [0.717, 1.165) is 5.56 Å². The van der Waals surface area contributed by atoms with Gasteiger partial charge >= 0.3 is 5.69 Å². The van der Waals surface area contributed by atoms with Crippen LogP contribution in [0.4, 0.5) is 17.1 Å². The van der Waals surface area contributed by atoms with Gasteiger partial charge in [-0.15, -0.1) is 0 Å². The number of nitrogens with one attached hydrogen (secondary N) is 1. The van der Waals surface area contributed by atoms with Crippen LogP contribution in [0.25, 0.3) is 0 Å². The van der Waals surface area contributed by atoms with Crippen molar-refractivity contribution in [3.05, 3.63) is 92.5 Å². The zero-order valence-electron chi connectivity index (χ0n) is 19.9. The minimum absolute atomic E-state index is 0.0246. The monoisotopic (exact) mass is 508 g/mol. The number of methoxy groups -OCH3 is 1. The molecule has 0 unspecified atom stereocenters. The number of hydrogen-bond acceptors (Lipinski definition) is 6. The predicted molar refractivity (Wildman–Crippen MR) is 138 cm³/mol. The van der Waals surface area contributed by atoms with Crippen LogP contribution in [0, 0.1) is 17.0 Å². The first kappa shape index (κ1) is 25.0. The molecule has 186 valence electrons. The van der Waals surface area contributed by atoms with E-state index in [9.17, 15) is 19.7 Å². The summed E-state index contributed by atoms with van der Waals surface area (Å²) in [6.07, 6.45) is 0. The fourth-order valence-electron chi connectivity index (χ4n) is 4.12. The third-order valence-electron chi connectivity index (χ3n) is 6.05. The van der Waals surface area contributed by atoms with Gasteiger partial charge < -0.3 is 19.9 Å². The van der Waals surface area contributed by atoms with E-state index in [2.05, 4.69) is 5.32 Å². The highest BCUT2D eigenvalue weighted by Crippen LogP contribution is 2.35. The Labute approximate surface area is 213 Å². The second kappa shape index (κ2) is 10.7. The maximum Gasteiger partial charge on any atom is 0.311 e. The largest absolute Gasteiger partial charge is 0.490 e. The van der Waals surface area contributed by atoms with Gasteiger partial charge in [0.2, 0.25) is 0 Å². The quantitative estimate of drug-likeness (QED) is 0.379. The Morgan fingerprint density at radius 3 is 2.31 bits per heavy atom. The molecule has 0 bridgehead atoms. The number of anilines is 2. The first-order valence-corrected chi connectivity index (χ1v) is 11.7. The zero-order chi connectivity index (χ0) is 25.8. The molecule has 1 heterocycles. The molecule has 0 atom stereocenters. The molecular formula is C26H25ClN4O5. The van der Waals surface area contributed by atoms with Crippen LogP contribution in [0.2, 0.25) is 5.02 Å². The van der Waals surface area contributed by atoms with Gasteiger partial charge in [-0.05, 0) is 43.3 Å². The van der Waals surface area contributed by atoms with Gasteiger partial charge in [-0.25, -0.2) is 0 Å². The normalized spacial score (nSPS) is 13.3. The van der Waals surface area contributed by atoms with Crippen LogP contribution in [0.5, 0.6) is 5.75 Å². The Hall–Kier alpha value is -4.11. The van der Waals surface area contributed by atoms with Gasteiger partial charge in [0.1, 0.15) is 0 Å². The van der Waals surface area contributed by atoms with Crippen LogP contribution in [0.3, 0.4) is 0 Å². The van der Waals surface area contributed by atoms with Crippen LogP contribution < -0.4 is 15.0 Å². The summed E-state index contributed by atoms with van der Waals surface area (Å²) in [5, 5.41) is 14.6. The van der Waals surface area contributed by atoms with Crippen molar-refractivity contribution < 1.29 is 19.2 Å². The Morgan fingerprint density at radius 2 is 1.67 bits per heavy atom. The summed E-state index contributed by atoms with van der Waals surface area (Å²) in [7, 11) is 1.33. The second-order valence-corrected chi connectivity index (χ2v) is 8.79. The molecule has 1 aliphatic rings. The topological polar surface area (TPSA) is 105 Å². The lowest BCUT2D eigenvalue weighted by Crippen LogP contribution is -2.49. The lowest BCUT2D eigenvalue weighted by Gasteiger charge is -2.37. The Morgan fingerprint density at radius 1 is 1.00 bits per heavy atom. The van der Waals surface area contributed by atoms with Crippen molar-refractivity contribution in [1.29, 1.82) is 0 Å². The molecule has 1 fully saturated rings. The van der Waals surface area contributed by atoms with Gasteiger partial charge in [0, 0.05) is 43.4 Å². The number of aryl methyl sites for hydroxylation is 1. The molecule has 4 rings (SSSR count). The van der Waals surface area contributed by atoms with E-state index in [4.69, 9.17) is 16.3 Å². The van der Waals surface area contributed by atoms with Crippen molar-refractivity contribution in [2.75, 3.05) is 43.5 Å². The van der Waals surface area contributed by atoms with Crippen LogP contribution >= 0.6 is 11.6 Å². The average Bonchev–Trinajstić information content (AvgIpc) is 2.88. The number of para-hydroxylation sites is 1. The van der Waals surface area contributed by atoms with Gasteiger partial charge in [0.05, 0.1) is 28.4 Å². The first-order chi connectivity index (χ1) is 17.3. The second-order valence-electron chi connectivity index (χ2n) is 8.38. The highest BCUT2D eigenvalue weighted by molar-refractivity contribution is 6.34. The van der Waals surface area contributed by atoms with E-state index >= 15 is 0 Å². The number of piperazine rings is 1. The third-order valence-corrected chi connectivity index (χ3v) is 6.36. The number of nitro benzene ring substituents is 1. The molecule has 36 heavy (non-hydrogen) atoms. The van der Waals surface area contributed by atoms with Gasteiger partial charge in [-0.3, -0.25) is 19.7 Å². The van der Waals surface area contributed by atoms with Crippen molar-refractivity contribution in [2.24, 2.45) is 0 Å². The molecule has 0 aliphatic carbocycles. The summed E-state index contributed by atoms with van der Waals surface area (Å²) in [5.41, 5.74) is 2.66. The molecule has 1 N–H and O–H groups in total. The van der Waals surface area contributed by atoms with Gasteiger partial charge in [0.15, 0.2) is 5.75 Å². The molecule has 10 heteroatoms. The van der Waals surface area contributed by atoms with Gasteiger partial charge in [-0.2, -0.15) is 0 Å². The number of nitrogens with zero attached hydrogens (tertiary/aromatic N) is 3. The third kappa shape index (κ3) is 5.26. The molecule has 2 amide bonds. The van der Waals surface area contributed by atoms with Gasteiger partial charge in [-0.1, -0.05) is 35.4 Å². The maximum absolute atomic E-state index is 13.0. The van der Waals surface area contributed by atoms with E-state index in [0.29, 0.717) is 48.1 Å². The Balaban J connectivity index is 1.50. The lowest BCUT2D eigenvalue weighted by atomic mass is 10.1. The SMILES string of the molecule is COc1ccc(C(=O)Nc2cccc(Cl)c2N2CCN(C(=O)c3ccc(C)cc3)CC2)cc1[N+](=O)[O-]. The molecule has 0 spiro atoms. The van der Waals surface area contributed by atoms with E-state index in [1.54, 1.807) is 23.1 Å². The maximum atomic E-state index is 13.0. The number of rotatable bonds is 6. The van der Waals surface area contributed by atoms with Crippen molar-refractivity contribution in [3.8, 4) is 5.75 Å². The molecule has 0 saturated carbocycles. The zero-order valence-corrected chi connectivity index (χ0v) is 20.6. The highest BCUT2D eigenvalue weighted by Gasteiger charge is 2.26. The summed E-state index contributed by atoms with van der Waals surface area (Å²) < 4.78 is 5.01. The summed E-state index contributed by atoms with van der Waals surface area (Å²) in [5.74, 6) is -0.473. The van der Waals surface area contributed by atoms with Crippen molar-refractivity contribution >= 4 is 40.5 Å². The molecular weight excluding hydrogens is 484 g/mol. The number of hydrogen-bond donors (Lipinski definition) is 1. The van der Waals surface area contributed by atoms with Crippen LogP contribution in [0.15, 0.2) is 60.7 Å². The number of nitro groups is 1. The van der Waals surface area contributed by atoms with Crippen LogP contribution in [-0.4, -0.2) is 54.9 Å². The Kier molecular flexibility index (Phi) is 7.40. The summed E-state index contributed by atoms with van der Waals surface area (Å²) >= 11 is 6.53. The number of carbonyl (C=O) groups is 2. The number of benzene rings is 3. The van der Waals surface area contributed by atoms with E-state index in [-0.39, 0.29) is 22.9 Å². The standard InChI is InChI=1S/C26H25ClN4O5/c1-17-6-8-18(9-7-17)26(33)30-14-12-29(13-15-30)24-20(27)4-3-5-21(24)28-25(32)19-10-11-23(36-2)22(16-19)31(34)35/h3-11,16H,12-15H2,1-2H3,(H,28,32). The molecule has 1 aliphatic heterocycles. The van der Waals surface area contributed by atoms with Crippen LogP contribution in [0.1, 0.15) is 26.3 Å². The van der Waals surface area contributed by atoms with E-state index < -0.39 is 10.8 Å². The molecule has 9 nitrogen and oxygen atoms in total. The minimum Gasteiger partial charge on any atom is -0.490 e. The summed E-state index contributed by atoms with van der Waals surface area (Å²) in [6.45, 7) is 4.02. The van der Waals surface area contributed by atoms with Crippen molar-refractivity contribution in [3.63, 3.8) is 0 Å². The fraction of sp³-hybridized carbons (Fsp3) is 0.231. The van der Waals surface area contributed by atoms with Crippen LogP contribution in [-0.2, 0) is 0 Å². The predicted octanol–water partition coefficient (Wildman–Crippen LogP) is 4.78. The number of halogens is 1. The average molecular weight is 509 g/mol. The minimum atomic E-state index is -0.599. The van der Waals surface area contributed by atoms with Crippen molar-refractivity contribution in [2.45, 2.75) is 6.92 Å². The first-order valence-electron chi connectivity index (χ1n) is 11.3. The highest BCUT2D eigenvalue weighted by atomic mass is 35.5. The fourth-order valence-corrected chi connectivity index (χ4v) is 4.41. The summed E-state index contributed by atoms with van der Waals surface area (Å²) in [4.78, 5) is 40.4. The molecule has 0 radical (unpaired) electrons. The van der Waals surface area contributed by atoms with Gasteiger partial charge in [0.25, 0.3) is 11.8 Å². The Bertz CT molecular complexity index is 1300. The molecule has 3 aromatic rings. The number of carbonyl (C=O) groups excluding carboxylic acids is 2. The van der Waals surface area contributed by atoms with E-state index in [1.807, 2.05) is 36.1 Å². The number of ether oxygens (including phenoxy) is 1.